The zero-order chi connectivity index (χ0) is 15.3. The lowest BCUT2D eigenvalue weighted by molar-refractivity contribution is -0.140. The number of hydrogen-bond donors (Lipinski definition) is 1. The molecule has 1 aromatic carbocycles. The maximum Gasteiger partial charge on any atom is 0.305 e. The van der Waals surface area contributed by atoms with Crippen molar-refractivity contribution in [1.29, 1.82) is 0 Å². The molecule has 1 aromatic rings. The highest BCUT2D eigenvalue weighted by atomic mass is 79.9. The Morgan fingerprint density at radius 3 is 2.70 bits per heavy atom. The van der Waals surface area contributed by atoms with Crippen molar-refractivity contribution >= 4 is 37.6 Å². The lowest BCUT2D eigenvalue weighted by Crippen LogP contribution is -2.29. The fraction of sp³-hybridized carbons (Fsp3) is 0.417. The van der Waals surface area contributed by atoms with Crippen LogP contribution in [0.1, 0.15) is 12.8 Å². The van der Waals surface area contributed by atoms with Crippen LogP contribution in [0.15, 0.2) is 27.6 Å². The van der Waals surface area contributed by atoms with Crippen molar-refractivity contribution < 1.29 is 17.9 Å². The standard InChI is InChI=1S/C12H17BrN2O4S/c1-15(7-3-4-12(16)19-2)20(17,18)11-8-9(13)5-6-10(11)14/h5-6,8H,3-4,7,14H2,1-2H3. The van der Waals surface area contributed by atoms with Gasteiger partial charge >= 0.3 is 5.97 Å². The van der Waals surface area contributed by atoms with Crippen LogP contribution in [0.3, 0.4) is 0 Å². The molecule has 112 valence electrons. The minimum Gasteiger partial charge on any atom is -0.469 e. The van der Waals surface area contributed by atoms with Crippen LogP contribution in [0.2, 0.25) is 0 Å². The minimum absolute atomic E-state index is 0.0486. The van der Waals surface area contributed by atoms with Gasteiger partial charge in [0.1, 0.15) is 4.90 Å². The van der Waals surface area contributed by atoms with E-state index in [1.54, 1.807) is 6.07 Å². The molecule has 0 atom stereocenters. The summed E-state index contributed by atoms with van der Waals surface area (Å²) in [6, 6.07) is 4.66. The third-order valence-electron chi connectivity index (χ3n) is 2.75. The quantitative estimate of drug-likeness (QED) is 0.611. The van der Waals surface area contributed by atoms with Gasteiger partial charge in [0.25, 0.3) is 0 Å². The van der Waals surface area contributed by atoms with Crippen molar-refractivity contribution in [3.63, 3.8) is 0 Å². The van der Waals surface area contributed by atoms with E-state index in [-0.39, 0.29) is 29.5 Å². The molecule has 0 unspecified atom stereocenters. The van der Waals surface area contributed by atoms with Gasteiger partial charge in [-0.1, -0.05) is 15.9 Å². The number of nitrogens with zero attached hydrogens (tertiary/aromatic N) is 1. The molecule has 0 spiro atoms. The van der Waals surface area contributed by atoms with E-state index in [1.807, 2.05) is 0 Å². The van der Waals surface area contributed by atoms with Gasteiger partial charge in [-0.3, -0.25) is 4.79 Å². The summed E-state index contributed by atoms with van der Waals surface area (Å²) < 4.78 is 31.0. The third-order valence-corrected chi connectivity index (χ3v) is 5.15. The molecule has 8 heteroatoms. The van der Waals surface area contributed by atoms with Crippen LogP contribution in [-0.4, -0.2) is 39.4 Å². The number of benzene rings is 1. The van der Waals surface area contributed by atoms with Crippen LogP contribution in [-0.2, 0) is 19.6 Å². The largest absolute Gasteiger partial charge is 0.469 e. The number of esters is 1. The maximum atomic E-state index is 12.4. The number of carbonyl (C=O) groups is 1. The second kappa shape index (κ2) is 7.05. The zero-order valence-corrected chi connectivity index (χ0v) is 13.7. The van der Waals surface area contributed by atoms with Gasteiger partial charge in [0, 0.05) is 24.5 Å². The Labute approximate surface area is 127 Å². The van der Waals surface area contributed by atoms with Gasteiger partial charge in [0.15, 0.2) is 0 Å². The average Bonchev–Trinajstić information content (AvgIpc) is 2.40. The van der Waals surface area contributed by atoms with E-state index in [2.05, 4.69) is 20.7 Å². The fourth-order valence-electron chi connectivity index (χ4n) is 1.57. The molecule has 20 heavy (non-hydrogen) atoms. The number of hydrogen-bond acceptors (Lipinski definition) is 5. The summed E-state index contributed by atoms with van der Waals surface area (Å²) in [5.41, 5.74) is 5.90. The maximum absolute atomic E-state index is 12.4. The first-order valence-electron chi connectivity index (χ1n) is 5.87. The number of halogens is 1. The second-order valence-corrected chi connectivity index (χ2v) is 7.12. The van der Waals surface area contributed by atoms with E-state index in [1.165, 1.54) is 30.6 Å². The molecule has 0 aliphatic rings. The number of nitrogens with two attached hydrogens (primary N) is 1. The van der Waals surface area contributed by atoms with Crippen molar-refractivity contribution in [1.82, 2.24) is 4.31 Å². The number of rotatable bonds is 6. The molecule has 6 nitrogen and oxygen atoms in total. The monoisotopic (exact) mass is 364 g/mol. The van der Waals surface area contributed by atoms with Gasteiger partial charge in [0.2, 0.25) is 10.0 Å². The number of sulfonamides is 1. The zero-order valence-electron chi connectivity index (χ0n) is 11.3. The van der Waals surface area contributed by atoms with Crippen molar-refractivity contribution in [3.8, 4) is 0 Å². The number of methoxy groups -OCH3 is 1. The Morgan fingerprint density at radius 1 is 1.45 bits per heavy atom. The second-order valence-electron chi connectivity index (χ2n) is 4.19. The van der Waals surface area contributed by atoms with Gasteiger partial charge in [0.05, 0.1) is 12.8 Å². The summed E-state index contributed by atoms with van der Waals surface area (Å²) in [5, 5.41) is 0. The summed E-state index contributed by atoms with van der Waals surface area (Å²) in [6.45, 7) is 0.212. The van der Waals surface area contributed by atoms with Crippen molar-refractivity contribution in [3.05, 3.63) is 22.7 Å². The average molecular weight is 365 g/mol. The summed E-state index contributed by atoms with van der Waals surface area (Å²) in [5.74, 6) is -0.363. The molecule has 0 amide bonds. The molecular formula is C12H17BrN2O4S. The summed E-state index contributed by atoms with van der Waals surface area (Å²) in [7, 11) is -0.923. The van der Waals surface area contributed by atoms with E-state index in [4.69, 9.17) is 5.73 Å². The van der Waals surface area contributed by atoms with Crippen LogP contribution >= 0.6 is 15.9 Å². The SMILES string of the molecule is COC(=O)CCCN(C)S(=O)(=O)c1cc(Br)ccc1N. The molecule has 0 aromatic heterocycles. The predicted octanol–water partition coefficient (Wildman–Crippen LogP) is 1.61. The lowest BCUT2D eigenvalue weighted by Gasteiger charge is -2.18. The summed E-state index contributed by atoms with van der Waals surface area (Å²) >= 11 is 3.22. The van der Waals surface area contributed by atoms with Gasteiger partial charge in [-0.15, -0.1) is 0 Å². The molecule has 0 saturated carbocycles. The summed E-state index contributed by atoms with van der Waals surface area (Å²) in [4.78, 5) is 11.0. The molecule has 0 aliphatic carbocycles. The Balaban J connectivity index is 2.82. The normalized spacial score (nSPS) is 11.6. The van der Waals surface area contributed by atoms with Gasteiger partial charge in [-0.05, 0) is 24.6 Å². The van der Waals surface area contributed by atoms with Gasteiger partial charge in [-0.25, -0.2) is 12.7 Å². The van der Waals surface area contributed by atoms with Crippen LogP contribution < -0.4 is 5.73 Å². The highest BCUT2D eigenvalue weighted by Gasteiger charge is 2.23. The lowest BCUT2D eigenvalue weighted by atomic mass is 10.3. The third kappa shape index (κ3) is 4.19. The number of ether oxygens (including phenoxy) is 1. The number of nitrogen functional groups attached to an aromatic ring is 1. The van der Waals surface area contributed by atoms with Crippen LogP contribution in [0.4, 0.5) is 5.69 Å². The van der Waals surface area contributed by atoms with E-state index in [0.717, 1.165) is 0 Å². The van der Waals surface area contributed by atoms with Crippen molar-refractivity contribution in [2.45, 2.75) is 17.7 Å². The van der Waals surface area contributed by atoms with Gasteiger partial charge in [-0.2, -0.15) is 0 Å². The highest BCUT2D eigenvalue weighted by molar-refractivity contribution is 9.10. The fourth-order valence-corrected chi connectivity index (χ4v) is 3.43. The first kappa shape index (κ1) is 16.9. The minimum atomic E-state index is -3.67. The summed E-state index contributed by atoms with van der Waals surface area (Å²) in [6.07, 6.45) is 0.556. The van der Waals surface area contributed by atoms with Crippen molar-refractivity contribution in [2.24, 2.45) is 0 Å². The Bertz CT molecular complexity index is 589. The molecule has 0 fully saturated rings. The smallest absolute Gasteiger partial charge is 0.305 e. The molecule has 0 heterocycles. The molecular weight excluding hydrogens is 348 g/mol. The molecule has 0 radical (unpaired) electrons. The van der Waals surface area contributed by atoms with E-state index < -0.39 is 10.0 Å². The Morgan fingerprint density at radius 2 is 2.10 bits per heavy atom. The van der Waals surface area contributed by atoms with Gasteiger partial charge < -0.3 is 10.5 Å². The predicted molar refractivity (Wildman–Crippen MR) is 79.6 cm³/mol. The van der Waals surface area contributed by atoms with Crippen LogP contribution in [0.5, 0.6) is 0 Å². The Kier molecular flexibility index (Phi) is 5.97. The van der Waals surface area contributed by atoms with E-state index >= 15 is 0 Å². The van der Waals surface area contributed by atoms with E-state index in [0.29, 0.717) is 10.9 Å². The topological polar surface area (TPSA) is 89.7 Å². The van der Waals surface area contributed by atoms with Crippen LogP contribution in [0.25, 0.3) is 0 Å². The first-order valence-corrected chi connectivity index (χ1v) is 8.10. The Hall–Kier alpha value is -1.12. The van der Waals surface area contributed by atoms with Crippen molar-refractivity contribution in [2.75, 3.05) is 26.4 Å². The van der Waals surface area contributed by atoms with E-state index in [9.17, 15) is 13.2 Å². The first-order chi connectivity index (χ1) is 9.28. The number of anilines is 1. The molecule has 2 N–H and O–H groups in total. The highest BCUT2D eigenvalue weighted by Crippen LogP contribution is 2.25. The molecule has 0 aliphatic heterocycles. The number of carbonyl (C=O) groups excluding carboxylic acids is 1. The molecule has 1 rings (SSSR count). The van der Waals surface area contributed by atoms with Crippen LogP contribution in [0, 0.1) is 0 Å². The molecule has 0 bridgehead atoms. The molecule has 0 saturated heterocycles.